The molecule has 0 spiro atoms. The van der Waals surface area contributed by atoms with E-state index < -0.39 is 0 Å². The second kappa shape index (κ2) is 8.14. The lowest BCUT2D eigenvalue weighted by atomic mass is 10.1. The van der Waals surface area contributed by atoms with Crippen molar-refractivity contribution in [1.82, 2.24) is 5.32 Å². The molecule has 3 nitrogen and oxygen atoms in total. The number of rotatable bonds is 6. The van der Waals surface area contributed by atoms with Gasteiger partial charge >= 0.3 is 0 Å². The minimum absolute atomic E-state index is 0.0389. The zero-order valence-corrected chi connectivity index (χ0v) is 14.2. The SMILES string of the molecule is CC(NC(=O)CCC(=O)c1ccccc1)c1ccc(Cl)c(Cl)c1. The quantitative estimate of drug-likeness (QED) is 0.758. The van der Waals surface area contributed by atoms with Crippen LogP contribution in [0, 0.1) is 0 Å². The van der Waals surface area contributed by atoms with E-state index in [9.17, 15) is 9.59 Å². The first-order valence-corrected chi connectivity index (χ1v) is 8.05. The predicted octanol–water partition coefficient (Wildman–Crippen LogP) is 4.83. The summed E-state index contributed by atoms with van der Waals surface area (Å²) < 4.78 is 0. The highest BCUT2D eigenvalue weighted by Gasteiger charge is 2.13. The average Bonchev–Trinajstić information content (AvgIpc) is 2.55. The minimum atomic E-state index is -0.205. The molecular weight excluding hydrogens is 333 g/mol. The standard InChI is InChI=1S/C18H17Cl2NO2/c1-12(14-7-8-15(19)16(20)11-14)21-18(23)10-9-17(22)13-5-3-2-4-6-13/h2-8,11-12H,9-10H2,1H3,(H,21,23). The molecule has 0 aliphatic rings. The van der Waals surface area contributed by atoms with Gasteiger partial charge in [-0.3, -0.25) is 9.59 Å². The Labute approximate surface area is 145 Å². The fourth-order valence-electron chi connectivity index (χ4n) is 2.17. The summed E-state index contributed by atoms with van der Waals surface area (Å²) in [6, 6.07) is 14.0. The molecule has 2 aromatic rings. The van der Waals surface area contributed by atoms with E-state index in [2.05, 4.69) is 5.32 Å². The van der Waals surface area contributed by atoms with Crippen molar-refractivity contribution in [3.05, 3.63) is 69.7 Å². The maximum Gasteiger partial charge on any atom is 0.220 e. The summed E-state index contributed by atoms with van der Waals surface area (Å²) in [6.07, 6.45) is 0.337. The molecular formula is C18H17Cl2NO2. The lowest BCUT2D eigenvalue weighted by Gasteiger charge is -2.15. The summed E-state index contributed by atoms with van der Waals surface area (Å²) in [5.41, 5.74) is 1.49. The number of ketones is 1. The van der Waals surface area contributed by atoms with E-state index in [1.807, 2.05) is 19.1 Å². The number of halogens is 2. The highest BCUT2D eigenvalue weighted by Crippen LogP contribution is 2.25. The van der Waals surface area contributed by atoms with Crippen LogP contribution in [0.2, 0.25) is 10.0 Å². The summed E-state index contributed by atoms with van der Waals surface area (Å²) in [7, 11) is 0. The number of amides is 1. The molecule has 0 heterocycles. The van der Waals surface area contributed by atoms with Gasteiger partial charge in [-0.2, -0.15) is 0 Å². The van der Waals surface area contributed by atoms with E-state index >= 15 is 0 Å². The van der Waals surface area contributed by atoms with Crippen LogP contribution in [-0.4, -0.2) is 11.7 Å². The molecule has 0 saturated heterocycles. The predicted molar refractivity (Wildman–Crippen MR) is 93.0 cm³/mol. The van der Waals surface area contributed by atoms with Gasteiger partial charge in [-0.05, 0) is 24.6 Å². The van der Waals surface area contributed by atoms with E-state index in [0.29, 0.717) is 15.6 Å². The van der Waals surface area contributed by atoms with Crippen molar-refractivity contribution in [2.75, 3.05) is 0 Å². The molecule has 0 saturated carbocycles. The monoisotopic (exact) mass is 349 g/mol. The Hall–Kier alpha value is -1.84. The number of Topliss-reactive ketones (excluding diaryl/α,β-unsaturated/α-hetero) is 1. The lowest BCUT2D eigenvalue weighted by molar-refractivity contribution is -0.121. The van der Waals surface area contributed by atoms with Crippen LogP contribution in [0.1, 0.15) is 41.7 Å². The molecule has 0 bridgehead atoms. The summed E-state index contributed by atoms with van der Waals surface area (Å²) >= 11 is 11.9. The van der Waals surface area contributed by atoms with Crippen LogP contribution in [0.3, 0.4) is 0 Å². The summed E-state index contributed by atoms with van der Waals surface area (Å²) in [4.78, 5) is 24.0. The third-order valence-electron chi connectivity index (χ3n) is 3.50. The Balaban J connectivity index is 1.87. The van der Waals surface area contributed by atoms with Crippen LogP contribution < -0.4 is 5.32 Å². The molecule has 23 heavy (non-hydrogen) atoms. The highest BCUT2D eigenvalue weighted by atomic mass is 35.5. The van der Waals surface area contributed by atoms with E-state index in [1.165, 1.54) is 0 Å². The van der Waals surface area contributed by atoms with Gasteiger partial charge in [-0.15, -0.1) is 0 Å². The number of benzene rings is 2. The van der Waals surface area contributed by atoms with Crippen LogP contribution in [0.15, 0.2) is 48.5 Å². The van der Waals surface area contributed by atoms with E-state index in [0.717, 1.165) is 5.56 Å². The molecule has 2 aromatic carbocycles. The van der Waals surface area contributed by atoms with Gasteiger partial charge in [-0.1, -0.05) is 59.6 Å². The molecule has 0 radical (unpaired) electrons. The van der Waals surface area contributed by atoms with Crippen molar-refractivity contribution >= 4 is 34.9 Å². The fraction of sp³-hybridized carbons (Fsp3) is 0.222. The molecule has 1 unspecified atom stereocenters. The van der Waals surface area contributed by atoms with Crippen LogP contribution in [0.4, 0.5) is 0 Å². The largest absolute Gasteiger partial charge is 0.350 e. The van der Waals surface area contributed by atoms with Gasteiger partial charge in [0.25, 0.3) is 0 Å². The smallest absolute Gasteiger partial charge is 0.220 e. The van der Waals surface area contributed by atoms with Crippen molar-refractivity contribution < 1.29 is 9.59 Å². The van der Waals surface area contributed by atoms with Crippen molar-refractivity contribution in [3.8, 4) is 0 Å². The van der Waals surface area contributed by atoms with Crippen molar-refractivity contribution in [2.24, 2.45) is 0 Å². The molecule has 1 N–H and O–H groups in total. The number of hydrogen-bond acceptors (Lipinski definition) is 2. The normalized spacial score (nSPS) is 11.8. The number of carbonyl (C=O) groups excluding carboxylic acids is 2. The van der Waals surface area contributed by atoms with Crippen molar-refractivity contribution in [1.29, 1.82) is 0 Å². The Morgan fingerprint density at radius 1 is 1.00 bits per heavy atom. The Morgan fingerprint density at radius 2 is 1.70 bits per heavy atom. The zero-order valence-electron chi connectivity index (χ0n) is 12.7. The topological polar surface area (TPSA) is 46.2 Å². The molecule has 0 aliphatic carbocycles. The second-order valence-electron chi connectivity index (χ2n) is 5.25. The lowest BCUT2D eigenvalue weighted by Crippen LogP contribution is -2.27. The maximum absolute atomic E-state index is 12.0. The molecule has 0 fully saturated rings. The van der Waals surface area contributed by atoms with E-state index in [-0.39, 0.29) is 30.6 Å². The van der Waals surface area contributed by atoms with Crippen LogP contribution in [0.25, 0.3) is 0 Å². The molecule has 0 aromatic heterocycles. The van der Waals surface area contributed by atoms with Crippen LogP contribution in [-0.2, 0) is 4.79 Å². The maximum atomic E-state index is 12.0. The number of hydrogen-bond donors (Lipinski definition) is 1. The number of nitrogens with one attached hydrogen (secondary N) is 1. The minimum Gasteiger partial charge on any atom is -0.350 e. The summed E-state index contributed by atoms with van der Waals surface area (Å²) in [5.74, 6) is -0.212. The first-order valence-electron chi connectivity index (χ1n) is 7.30. The van der Waals surface area contributed by atoms with Gasteiger partial charge < -0.3 is 5.32 Å². The van der Waals surface area contributed by atoms with Crippen molar-refractivity contribution in [2.45, 2.75) is 25.8 Å². The zero-order chi connectivity index (χ0) is 16.8. The molecule has 120 valence electrons. The number of carbonyl (C=O) groups is 2. The Kier molecular flexibility index (Phi) is 6.20. The van der Waals surface area contributed by atoms with E-state index in [4.69, 9.17) is 23.2 Å². The molecule has 0 aliphatic heterocycles. The first kappa shape index (κ1) is 17.5. The summed E-state index contributed by atoms with van der Waals surface area (Å²) in [6.45, 7) is 1.86. The molecule has 1 amide bonds. The van der Waals surface area contributed by atoms with Gasteiger partial charge in [0.1, 0.15) is 0 Å². The average molecular weight is 350 g/mol. The third-order valence-corrected chi connectivity index (χ3v) is 4.24. The molecule has 1 atom stereocenters. The van der Waals surface area contributed by atoms with Crippen molar-refractivity contribution in [3.63, 3.8) is 0 Å². The second-order valence-corrected chi connectivity index (χ2v) is 6.07. The Morgan fingerprint density at radius 3 is 2.35 bits per heavy atom. The first-order chi connectivity index (χ1) is 11.0. The van der Waals surface area contributed by atoms with Crippen LogP contribution in [0.5, 0.6) is 0 Å². The Bertz CT molecular complexity index is 701. The summed E-state index contributed by atoms with van der Waals surface area (Å²) in [5, 5.41) is 3.78. The highest BCUT2D eigenvalue weighted by molar-refractivity contribution is 6.42. The molecule has 2 rings (SSSR count). The van der Waals surface area contributed by atoms with Gasteiger partial charge in [-0.25, -0.2) is 0 Å². The van der Waals surface area contributed by atoms with Gasteiger partial charge in [0.05, 0.1) is 16.1 Å². The third kappa shape index (κ3) is 5.08. The van der Waals surface area contributed by atoms with Crippen LogP contribution >= 0.6 is 23.2 Å². The van der Waals surface area contributed by atoms with E-state index in [1.54, 1.807) is 36.4 Å². The van der Waals surface area contributed by atoms with Gasteiger partial charge in [0, 0.05) is 18.4 Å². The molecule has 5 heteroatoms. The van der Waals surface area contributed by atoms with Gasteiger partial charge in [0.15, 0.2) is 5.78 Å². The van der Waals surface area contributed by atoms with Gasteiger partial charge in [0.2, 0.25) is 5.91 Å². The fourth-order valence-corrected chi connectivity index (χ4v) is 2.48.